The maximum Gasteiger partial charge on any atom is 0.161 e. The maximum atomic E-state index is 5.90. The lowest BCUT2D eigenvalue weighted by Gasteiger charge is -2.10. The molecule has 124 valence electrons. The lowest BCUT2D eigenvalue weighted by molar-refractivity contribution is 0.284. The van der Waals surface area contributed by atoms with Crippen LogP contribution in [0.15, 0.2) is 73.1 Å². The third kappa shape index (κ3) is 3.35. The minimum atomic E-state index is 0.451. The number of thiophene rings is 1. The zero-order valence-corrected chi connectivity index (χ0v) is 14.6. The van der Waals surface area contributed by atoms with Gasteiger partial charge in [0.2, 0.25) is 0 Å². The smallest absolute Gasteiger partial charge is 0.161 e. The van der Waals surface area contributed by atoms with Crippen LogP contribution in [0.3, 0.4) is 0 Å². The van der Waals surface area contributed by atoms with Gasteiger partial charge in [0.25, 0.3) is 0 Å². The molecule has 4 rings (SSSR count). The topological polar surface area (TPSA) is 31.4 Å². The summed E-state index contributed by atoms with van der Waals surface area (Å²) >= 11 is 1.78. The summed E-state index contributed by atoms with van der Waals surface area (Å²) in [5.41, 5.74) is 2.14. The highest BCUT2D eigenvalue weighted by Gasteiger charge is 2.07. The molecule has 0 atom stereocenters. The first-order chi connectivity index (χ1) is 12.3. The second-order valence-corrected chi connectivity index (χ2v) is 6.75. The minimum Gasteiger partial charge on any atom is -0.493 e. The molecule has 0 amide bonds. The molecule has 0 saturated heterocycles. The molecule has 0 saturated carbocycles. The van der Waals surface area contributed by atoms with Crippen molar-refractivity contribution in [2.24, 2.45) is 0 Å². The van der Waals surface area contributed by atoms with Gasteiger partial charge in [-0.3, -0.25) is 4.98 Å². The Balaban J connectivity index is 1.57. The first kappa shape index (κ1) is 15.7. The Morgan fingerprint density at radius 1 is 0.920 bits per heavy atom. The van der Waals surface area contributed by atoms with Crippen molar-refractivity contribution in [3.63, 3.8) is 0 Å². The van der Waals surface area contributed by atoms with Gasteiger partial charge < -0.3 is 9.47 Å². The Hall–Kier alpha value is -2.85. The number of rotatable bonds is 5. The molecular weight excluding hydrogens is 330 g/mol. The molecule has 0 unspecified atom stereocenters. The van der Waals surface area contributed by atoms with Crippen LogP contribution >= 0.6 is 11.3 Å². The number of hydrogen-bond donors (Lipinski definition) is 0. The molecule has 0 bridgehead atoms. The first-order valence-electron chi connectivity index (χ1n) is 8.02. The Morgan fingerprint density at radius 2 is 1.72 bits per heavy atom. The Bertz CT molecular complexity index is 976. The second kappa shape index (κ2) is 6.95. The molecule has 4 aromatic rings. The highest BCUT2D eigenvalue weighted by Crippen LogP contribution is 2.33. The number of hydrogen-bond acceptors (Lipinski definition) is 4. The van der Waals surface area contributed by atoms with E-state index in [0.29, 0.717) is 6.61 Å². The molecule has 25 heavy (non-hydrogen) atoms. The lowest BCUT2D eigenvalue weighted by Crippen LogP contribution is -1.98. The molecule has 0 aliphatic heterocycles. The zero-order valence-electron chi connectivity index (χ0n) is 13.8. The molecule has 0 fully saturated rings. The van der Waals surface area contributed by atoms with E-state index in [1.807, 2.05) is 36.7 Å². The average molecular weight is 347 g/mol. The number of benzene rings is 2. The van der Waals surface area contributed by atoms with Crippen molar-refractivity contribution in [3.05, 3.63) is 78.6 Å². The number of aromatic nitrogens is 1. The van der Waals surface area contributed by atoms with Crippen LogP contribution in [-0.2, 0) is 6.61 Å². The first-order valence-corrected chi connectivity index (χ1v) is 8.84. The van der Waals surface area contributed by atoms with Crippen LogP contribution in [0.2, 0.25) is 0 Å². The summed E-state index contributed by atoms with van der Waals surface area (Å²) in [5.74, 6) is 1.47. The van der Waals surface area contributed by atoms with E-state index >= 15 is 0 Å². The predicted molar refractivity (Wildman–Crippen MR) is 102 cm³/mol. The molecule has 4 heteroatoms. The van der Waals surface area contributed by atoms with Gasteiger partial charge in [-0.25, -0.2) is 0 Å². The molecule has 2 aromatic carbocycles. The molecule has 0 N–H and O–H groups in total. The van der Waals surface area contributed by atoms with Crippen molar-refractivity contribution in [1.82, 2.24) is 4.98 Å². The predicted octanol–water partition coefficient (Wildman–Crippen LogP) is 5.55. The van der Waals surface area contributed by atoms with Crippen LogP contribution in [0.4, 0.5) is 0 Å². The summed E-state index contributed by atoms with van der Waals surface area (Å²) < 4.78 is 12.5. The summed E-state index contributed by atoms with van der Waals surface area (Å²) in [6.07, 6.45) is 3.74. The normalized spacial score (nSPS) is 10.8. The van der Waals surface area contributed by atoms with Gasteiger partial charge in [0.15, 0.2) is 11.5 Å². The highest BCUT2D eigenvalue weighted by atomic mass is 32.1. The van der Waals surface area contributed by atoms with Crippen molar-refractivity contribution in [1.29, 1.82) is 0 Å². The van der Waals surface area contributed by atoms with Crippen LogP contribution in [0, 0.1) is 0 Å². The highest BCUT2D eigenvalue weighted by molar-refractivity contribution is 7.22. The van der Waals surface area contributed by atoms with Gasteiger partial charge in [-0.05, 0) is 35.7 Å². The fourth-order valence-corrected chi connectivity index (χ4v) is 3.77. The number of ether oxygens (including phenoxy) is 2. The molecule has 3 nitrogen and oxygen atoms in total. The largest absolute Gasteiger partial charge is 0.493 e. The van der Waals surface area contributed by atoms with E-state index in [2.05, 4.69) is 41.4 Å². The van der Waals surface area contributed by atoms with Gasteiger partial charge in [-0.2, -0.15) is 0 Å². The lowest BCUT2D eigenvalue weighted by atomic mass is 10.1. The van der Waals surface area contributed by atoms with Gasteiger partial charge >= 0.3 is 0 Å². The molecule has 0 aliphatic rings. The molecule has 2 aromatic heterocycles. The third-order valence-corrected chi connectivity index (χ3v) is 5.13. The van der Waals surface area contributed by atoms with E-state index in [9.17, 15) is 0 Å². The van der Waals surface area contributed by atoms with Crippen molar-refractivity contribution < 1.29 is 9.47 Å². The number of fused-ring (bicyclic) bond motifs is 1. The molecule has 0 radical (unpaired) electrons. The van der Waals surface area contributed by atoms with Crippen LogP contribution in [0.1, 0.15) is 5.56 Å². The Kier molecular flexibility index (Phi) is 4.36. The summed E-state index contributed by atoms with van der Waals surface area (Å²) in [6.45, 7) is 0.451. The van der Waals surface area contributed by atoms with Crippen molar-refractivity contribution in [2.75, 3.05) is 7.11 Å². The van der Waals surface area contributed by atoms with Crippen LogP contribution in [0.5, 0.6) is 11.5 Å². The number of nitrogens with zero attached hydrogens (tertiary/aromatic N) is 1. The fraction of sp³-hybridized carbons (Fsp3) is 0.0952. The number of pyridine rings is 1. The van der Waals surface area contributed by atoms with E-state index in [1.54, 1.807) is 18.4 Å². The van der Waals surface area contributed by atoms with Crippen molar-refractivity contribution in [2.45, 2.75) is 6.61 Å². The number of methoxy groups -OCH3 is 1. The van der Waals surface area contributed by atoms with Crippen molar-refractivity contribution >= 4 is 21.4 Å². The summed E-state index contributed by atoms with van der Waals surface area (Å²) in [4.78, 5) is 5.60. The summed E-state index contributed by atoms with van der Waals surface area (Å²) in [6, 6.07) is 20.4. The average Bonchev–Trinajstić information content (AvgIpc) is 3.11. The van der Waals surface area contributed by atoms with E-state index < -0.39 is 0 Å². The molecule has 0 spiro atoms. The quantitative estimate of drug-likeness (QED) is 0.474. The summed E-state index contributed by atoms with van der Waals surface area (Å²) in [7, 11) is 1.64. The van der Waals surface area contributed by atoms with Crippen LogP contribution in [0.25, 0.3) is 20.5 Å². The SMILES string of the molecule is COc1ccccc1OCc1cncc(-c2cc3ccccc3s2)c1. The molecule has 0 aliphatic carbocycles. The molecular formula is C21H17NO2S. The van der Waals surface area contributed by atoms with E-state index in [-0.39, 0.29) is 0 Å². The maximum absolute atomic E-state index is 5.90. The van der Waals surface area contributed by atoms with Gasteiger partial charge in [-0.15, -0.1) is 11.3 Å². The number of para-hydroxylation sites is 2. The Morgan fingerprint density at radius 3 is 2.56 bits per heavy atom. The Labute approximate surface area is 150 Å². The fourth-order valence-electron chi connectivity index (χ4n) is 2.72. The van der Waals surface area contributed by atoms with Crippen molar-refractivity contribution in [3.8, 4) is 21.9 Å². The second-order valence-electron chi connectivity index (χ2n) is 5.67. The third-order valence-electron chi connectivity index (χ3n) is 3.97. The van der Waals surface area contributed by atoms with Crippen LogP contribution < -0.4 is 9.47 Å². The van der Waals surface area contributed by atoms with E-state index in [4.69, 9.17) is 9.47 Å². The van der Waals surface area contributed by atoms with Crippen LogP contribution in [-0.4, -0.2) is 12.1 Å². The monoisotopic (exact) mass is 347 g/mol. The standard InChI is InChI=1S/C21H17NO2S/c1-23-18-7-3-4-8-19(18)24-14-15-10-17(13-22-12-15)21-11-16-6-2-5-9-20(16)25-21/h2-13H,14H2,1H3. The van der Waals surface area contributed by atoms with Gasteiger partial charge in [0.05, 0.1) is 7.11 Å². The van der Waals surface area contributed by atoms with Gasteiger partial charge in [0, 0.05) is 33.1 Å². The van der Waals surface area contributed by atoms with Gasteiger partial charge in [0.1, 0.15) is 6.61 Å². The minimum absolute atomic E-state index is 0.451. The van der Waals surface area contributed by atoms with E-state index in [0.717, 1.165) is 22.6 Å². The summed E-state index contributed by atoms with van der Waals surface area (Å²) in [5, 5.41) is 1.26. The molecule has 2 heterocycles. The van der Waals surface area contributed by atoms with Gasteiger partial charge in [-0.1, -0.05) is 30.3 Å². The zero-order chi connectivity index (χ0) is 17.1. The van der Waals surface area contributed by atoms with E-state index in [1.165, 1.54) is 15.0 Å².